The first-order valence-electron chi connectivity index (χ1n) is 14.6. The van der Waals surface area contributed by atoms with Crippen LogP contribution in [0, 0.1) is 29.1 Å². The van der Waals surface area contributed by atoms with Crippen LogP contribution in [0.2, 0.25) is 0 Å². The zero-order chi connectivity index (χ0) is 27.3. The van der Waals surface area contributed by atoms with Gasteiger partial charge in [-0.3, -0.25) is 0 Å². The summed E-state index contributed by atoms with van der Waals surface area (Å²) in [7, 11) is 1.95. The van der Waals surface area contributed by atoms with E-state index in [-0.39, 0.29) is 29.7 Å². The number of esters is 2. The molecule has 1 spiro atoms. The molecule has 5 atom stereocenters. The molecule has 0 radical (unpaired) electrons. The molecule has 5 unspecified atom stereocenters. The molecule has 1 saturated heterocycles. The Morgan fingerprint density at radius 2 is 2.08 bits per heavy atom. The highest BCUT2D eigenvalue weighted by molar-refractivity contribution is 6.00. The molecule has 0 amide bonds. The minimum absolute atomic E-state index is 0.0985. The molecule has 2 aliphatic heterocycles. The summed E-state index contributed by atoms with van der Waals surface area (Å²) in [6, 6.07) is 3.88. The maximum Gasteiger partial charge on any atom is 0.340 e. The highest BCUT2D eigenvalue weighted by Gasteiger charge is 2.68. The standard InChI is InChI=1S/C32H39N3O4/c1-4-5-6-24-22-9-8-21-20-11-13-32(28(21)27(22)30(36)38-24)25(10-7-18(2)17-34-3)39-31(37)29(32)23(20)15-19-12-14-35-26(33)16-19/h6,10,12,14,16,18,20-21,28,34H,4-5,7-9,11,13,15,17H2,1-3H3,(H2,33,35). The third-order valence-corrected chi connectivity index (χ3v) is 9.59. The maximum atomic E-state index is 13.8. The topological polar surface area (TPSA) is 104 Å². The lowest BCUT2D eigenvalue weighted by Crippen LogP contribution is -2.52. The second kappa shape index (κ2) is 10.1. The molecule has 39 heavy (non-hydrogen) atoms. The van der Waals surface area contributed by atoms with Gasteiger partial charge in [0, 0.05) is 23.3 Å². The number of rotatable bonds is 8. The molecule has 7 heteroatoms. The number of ether oxygens (including phenoxy) is 2. The van der Waals surface area contributed by atoms with Gasteiger partial charge in [0.1, 0.15) is 17.3 Å². The van der Waals surface area contributed by atoms with Gasteiger partial charge in [-0.1, -0.05) is 25.8 Å². The minimum atomic E-state index is -0.621. The summed E-state index contributed by atoms with van der Waals surface area (Å²) in [5, 5.41) is 3.24. The fourth-order valence-corrected chi connectivity index (χ4v) is 8.12. The van der Waals surface area contributed by atoms with E-state index in [1.807, 2.05) is 19.2 Å². The summed E-state index contributed by atoms with van der Waals surface area (Å²) >= 11 is 0. The minimum Gasteiger partial charge on any atom is -0.427 e. The predicted octanol–water partition coefficient (Wildman–Crippen LogP) is 5.16. The smallest absolute Gasteiger partial charge is 0.340 e. The van der Waals surface area contributed by atoms with Crippen molar-refractivity contribution in [2.75, 3.05) is 19.3 Å². The number of fused-ring (bicyclic) bond motifs is 1. The largest absolute Gasteiger partial charge is 0.427 e. The normalized spacial score (nSPS) is 31.9. The quantitative estimate of drug-likeness (QED) is 0.448. The van der Waals surface area contributed by atoms with Crippen LogP contribution in [-0.2, 0) is 25.5 Å². The number of cyclic esters (lactones) is 2. The van der Waals surface area contributed by atoms with Gasteiger partial charge in [-0.05, 0) is 106 Å². The number of unbranched alkanes of at least 4 members (excludes halogenated alkanes) is 1. The fourth-order valence-electron chi connectivity index (χ4n) is 8.12. The number of nitrogens with one attached hydrogen (secondary N) is 1. The van der Waals surface area contributed by atoms with Gasteiger partial charge in [0.15, 0.2) is 0 Å². The Morgan fingerprint density at radius 1 is 1.23 bits per heavy atom. The number of aromatic nitrogens is 1. The van der Waals surface area contributed by atoms with Crippen molar-refractivity contribution < 1.29 is 19.1 Å². The lowest BCUT2D eigenvalue weighted by molar-refractivity contribution is -0.135. The van der Waals surface area contributed by atoms with Gasteiger partial charge < -0.3 is 20.5 Å². The summed E-state index contributed by atoms with van der Waals surface area (Å²) in [4.78, 5) is 31.5. The van der Waals surface area contributed by atoms with Crippen LogP contribution in [0.5, 0.6) is 0 Å². The van der Waals surface area contributed by atoms with Gasteiger partial charge >= 0.3 is 11.9 Å². The molecular formula is C32H39N3O4. The van der Waals surface area contributed by atoms with Crippen LogP contribution in [0.1, 0.15) is 64.4 Å². The van der Waals surface area contributed by atoms with E-state index in [2.05, 4.69) is 36.3 Å². The van der Waals surface area contributed by atoms with Crippen LogP contribution in [-0.4, -0.2) is 30.5 Å². The van der Waals surface area contributed by atoms with Crippen molar-refractivity contribution in [1.82, 2.24) is 10.3 Å². The molecule has 206 valence electrons. The molecule has 7 rings (SSSR count). The Hall–Kier alpha value is -3.19. The molecule has 0 aromatic carbocycles. The van der Waals surface area contributed by atoms with E-state index in [1.165, 1.54) is 5.57 Å². The second-order valence-electron chi connectivity index (χ2n) is 12.0. The number of carbonyl (C=O) groups excluding carboxylic acids is 2. The number of nitrogen functional groups attached to an aromatic ring is 1. The second-order valence-corrected chi connectivity index (χ2v) is 12.0. The summed E-state index contributed by atoms with van der Waals surface area (Å²) in [6.45, 7) is 5.20. The van der Waals surface area contributed by atoms with Crippen molar-refractivity contribution in [3.05, 3.63) is 69.9 Å². The van der Waals surface area contributed by atoms with E-state index in [0.717, 1.165) is 85.3 Å². The van der Waals surface area contributed by atoms with E-state index in [9.17, 15) is 9.59 Å². The molecule has 2 bridgehead atoms. The lowest BCUT2D eigenvalue weighted by Gasteiger charge is -2.56. The van der Waals surface area contributed by atoms with Crippen LogP contribution in [0.4, 0.5) is 5.82 Å². The summed E-state index contributed by atoms with van der Waals surface area (Å²) in [5.74, 6) is 2.27. The van der Waals surface area contributed by atoms with Gasteiger partial charge in [-0.2, -0.15) is 0 Å². The lowest BCUT2D eigenvalue weighted by atomic mass is 9.44. The van der Waals surface area contributed by atoms with Crippen molar-refractivity contribution in [2.45, 2.75) is 65.2 Å². The zero-order valence-corrected chi connectivity index (χ0v) is 23.2. The zero-order valence-electron chi connectivity index (χ0n) is 23.2. The van der Waals surface area contributed by atoms with Crippen LogP contribution in [0.3, 0.4) is 0 Å². The van der Waals surface area contributed by atoms with Crippen LogP contribution in [0.25, 0.3) is 0 Å². The SMILES string of the molecule is CCCC=C1OC(=O)C2=C1CCC1C3CCC4(C(=CCC(C)CNC)OC(=O)C4=C3Cc3ccnc(N)c3)C21. The van der Waals surface area contributed by atoms with Crippen molar-refractivity contribution >= 4 is 17.8 Å². The third-order valence-electron chi connectivity index (χ3n) is 9.59. The molecular weight excluding hydrogens is 490 g/mol. The number of nitrogens with zero attached hydrogens (tertiary/aromatic N) is 1. The molecule has 3 heterocycles. The fraction of sp³-hybridized carbons (Fsp3) is 0.531. The molecule has 4 aliphatic carbocycles. The van der Waals surface area contributed by atoms with Crippen LogP contribution in [0.15, 0.2) is 64.3 Å². The van der Waals surface area contributed by atoms with Gasteiger partial charge in [0.05, 0.1) is 11.0 Å². The van der Waals surface area contributed by atoms with Crippen molar-refractivity contribution in [1.29, 1.82) is 0 Å². The van der Waals surface area contributed by atoms with Crippen molar-refractivity contribution in [3.8, 4) is 0 Å². The van der Waals surface area contributed by atoms with Gasteiger partial charge in [-0.15, -0.1) is 0 Å². The predicted molar refractivity (Wildman–Crippen MR) is 149 cm³/mol. The molecule has 3 N–H and O–H groups in total. The number of hydrogen-bond acceptors (Lipinski definition) is 7. The Balaban J connectivity index is 1.52. The van der Waals surface area contributed by atoms with E-state index >= 15 is 0 Å². The molecule has 1 saturated carbocycles. The summed E-state index contributed by atoms with van der Waals surface area (Å²) < 4.78 is 12.1. The number of allylic oxidation sites excluding steroid dienone is 5. The third kappa shape index (κ3) is 4.08. The summed E-state index contributed by atoms with van der Waals surface area (Å²) in [5.41, 5.74) is 10.3. The molecule has 7 nitrogen and oxygen atoms in total. The van der Waals surface area contributed by atoms with Gasteiger partial charge in [0.25, 0.3) is 0 Å². The molecule has 1 aromatic rings. The van der Waals surface area contributed by atoms with E-state index < -0.39 is 5.41 Å². The van der Waals surface area contributed by atoms with Gasteiger partial charge in [-0.25, -0.2) is 14.6 Å². The highest BCUT2D eigenvalue weighted by atomic mass is 16.5. The first-order chi connectivity index (χ1) is 18.9. The van der Waals surface area contributed by atoms with Crippen LogP contribution < -0.4 is 11.1 Å². The number of nitrogens with two attached hydrogens (primary N) is 1. The summed E-state index contributed by atoms with van der Waals surface area (Å²) in [6.07, 6.45) is 12.9. The average molecular weight is 530 g/mol. The van der Waals surface area contributed by atoms with Crippen molar-refractivity contribution in [3.63, 3.8) is 0 Å². The van der Waals surface area contributed by atoms with Crippen LogP contribution >= 0.6 is 0 Å². The highest BCUT2D eigenvalue weighted by Crippen LogP contribution is 2.70. The molecule has 6 aliphatic rings. The Kier molecular flexibility index (Phi) is 6.74. The van der Waals surface area contributed by atoms with E-state index in [1.54, 1.807) is 6.20 Å². The first kappa shape index (κ1) is 26.1. The average Bonchev–Trinajstić information content (AvgIpc) is 3.40. The van der Waals surface area contributed by atoms with E-state index in [4.69, 9.17) is 15.2 Å². The number of carbonyl (C=O) groups is 2. The molecule has 1 aromatic heterocycles. The van der Waals surface area contributed by atoms with Gasteiger partial charge in [0.2, 0.25) is 0 Å². The Bertz CT molecular complexity index is 1340. The number of anilines is 1. The number of hydrogen-bond donors (Lipinski definition) is 2. The van der Waals surface area contributed by atoms with E-state index in [0.29, 0.717) is 18.2 Å². The Labute approximate surface area is 230 Å². The molecule has 2 fully saturated rings. The first-order valence-corrected chi connectivity index (χ1v) is 14.6. The Morgan fingerprint density at radius 3 is 2.85 bits per heavy atom. The maximum absolute atomic E-state index is 13.8. The number of pyridine rings is 1. The monoisotopic (exact) mass is 529 g/mol. The van der Waals surface area contributed by atoms with Crippen molar-refractivity contribution in [2.24, 2.45) is 29.1 Å².